The Morgan fingerprint density at radius 2 is 1.96 bits per heavy atom. The molecule has 0 unspecified atom stereocenters. The Balaban J connectivity index is 0.00000182. The highest BCUT2D eigenvalue weighted by atomic mass is 35.5. The number of halogens is 2. The van der Waals surface area contributed by atoms with Crippen molar-refractivity contribution in [1.29, 1.82) is 0 Å². The van der Waals surface area contributed by atoms with Gasteiger partial charge in [-0.2, -0.15) is 0 Å². The van der Waals surface area contributed by atoms with Gasteiger partial charge in [0.25, 0.3) is 5.56 Å². The smallest absolute Gasteiger partial charge is 0.266 e. The maximum absolute atomic E-state index is 12.2. The van der Waals surface area contributed by atoms with Crippen molar-refractivity contribution in [3.05, 3.63) is 63.2 Å². The molecular weight excluding hydrogens is 389 g/mol. The van der Waals surface area contributed by atoms with Gasteiger partial charge >= 0.3 is 0 Å². The summed E-state index contributed by atoms with van der Waals surface area (Å²) in [6.07, 6.45) is 0.959. The molecular formula is C18H23Cl2N5O2. The van der Waals surface area contributed by atoms with E-state index in [1.165, 1.54) is 6.07 Å². The Morgan fingerprint density at radius 1 is 1.26 bits per heavy atom. The molecule has 0 aliphatic carbocycles. The van der Waals surface area contributed by atoms with Crippen molar-refractivity contribution in [3.8, 4) is 0 Å². The quantitative estimate of drug-likeness (QED) is 0.560. The number of carbonyl (C=O) groups is 1. The first-order valence-electron chi connectivity index (χ1n) is 8.13. The Hall–Kier alpha value is -2.51. The van der Waals surface area contributed by atoms with Gasteiger partial charge in [-0.3, -0.25) is 14.7 Å². The largest absolute Gasteiger partial charge is 0.399 e. The summed E-state index contributed by atoms with van der Waals surface area (Å²) in [6.45, 7) is 4.13. The zero-order chi connectivity index (χ0) is 18.0. The Morgan fingerprint density at radius 3 is 2.67 bits per heavy atom. The minimum Gasteiger partial charge on any atom is -0.399 e. The maximum atomic E-state index is 12.2. The van der Waals surface area contributed by atoms with Gasteiger partial charge in [0.15, 0.2) is 5.65 Å². The normalized spacial score (nSPS) is 10.1. The third-order valence-electron chi connectivity index (χ3n) is 4.34. The predicted octanol–water partition coefficient (Wildman–Crippen LogP) is 2.31. The number of para-hydroxylation sites is 1. The van der Waals surface area contributed by atoms with E-state index < -0.39 is 0 Å². The van der Waals surface area contributed by atoms with Crippen LogP contribution in [0.15, 0.2) is 35.1 Å². The van der Waals surface area contributed by atoms with Gasteiger partial charge in [-0.15, -0.1) is 24.8 Å². The Bertz CT molecular complexity index is 997. The van der Waals surface area contributed by atoms with E-state index >= 15 is 0 Å². The number of amides is 1. The van der Waals surface area contributed by atoms with Gasteiger partial charge in [-0.1, -0.05) is 18.2 Å². The minimum atomic E-state index is -0.198. The number of fused-ring (bicyclic) bond motifs is 1. The zero-order valence-electron chi connectivity index (χ0n) is 15.1. The number of anilines is 1. The second-order valence-electron chi connectivity index (χ2n) is 6.05. The number of nitrogens with two attached hydrogens (primary N) is 1. The average molecular weight is 412 g/mol. The van der Waals surface area contributed by atoms with Gasteiger partial charge in [0, 0.05) is 41.7 Å². The Labute approximate surface area is 169 Å². The molecule has 0 spiro atoms. The molecule has 0 bridgehead atoms. The van der Waals surface area contributed by atoms with Crippen molar-refractivity contribution < 1.29 is 4.79 Å². The van der Waals surface area contributed by atoms with Gasteiger partial charge < -0.3 is 11.1 Å². The minimum absolute atomic E-state index is 0. The molecule has 0 atom stereocenters. The highest BCUT2D eigenvalue weighted by Crippen LogP contribution is 2.14. The molecule has 0 saturated carbocycles. The molecule has 1 amide bonds. The second kappa shape index (κ2) is 9.43. The maximum Gasteiger partial charge on any atom is 0.266 e. The van der Waals surface area contributed by atoms with E-state index in [-0.39, 0.29) is 36.3 Å². The number of aryl methyl sites for hydroxylation is 3. The monoisotopic (exact) mass is 411 g/mol. The summed E-state index contributed by atoms with van der Waals surface area (Å²) >= 11 is 0. The summed E-state index contributed by atoms with van der Waals surface area (Å²) < 4.78 is 1.64. The molecule has 0 aliphatic rings. The van der Waals surface area contributed by atoms with Crippen molar-refractivity contribution >= 4 is 42.1 Å². The number of H-pyrrole nitrogens is 1. The number of nitrogens with zero attached hydrogens (tertiary/aromatic N) is 2. The first-order valence-corrected chi connectivity index (χ1v) is 8.13. The highest BCUT2D eigenvalue weighted by Gasteiger charge is 2.12. The van der Waals surface area contributed by atoms with Crippen molar-refractivity contribution in [2.45, 2.75) is 33.2 Å². The molecule has 0 fully saturated rings. The fraction of sp³-hybridized carbons (Fsp3) is 0.278. The first-order chi connectivity index (χ1) is 12.0. The molecule has 3 rings (SSSR count). The third-order valence-corrected chi connectivity index (χ3v) is 4.34. The fourth-order valence-corrected chi connectivity index (χ4v) is 2.90. The molecule has 1 aromatic carbocycles. The van der Waals surface area contributed by atoms with E-state index in [1.807, 2.05) is 38.1 Å². The number of hydrogen-bond acceptors (Lipinski definition) is 4. The van der Waals surface area contributed by atoms with Gasteiger partial charge in [0.2, 0.25) is 5.91 Å². The predicted molar refractivity (Wildman–Crippen MR) is 111 cm³/mol. The Kier molecular flexibility index (Phi) is 7.87. The van der Waals surface area contributed by atoms with E-state index in [9.17, 15) is 9.59 Å². The number of nitrogens with one attached hydrogen (secondary N) is 2. The number of benzene rings is 1. The van der Waals surface area contributed by atoms with Crippen LogP contribution in [0.2, 0.25) is 0 Å². The topological polar surface area (TPSA) is 105 Å². The number of nitrogen functional groups attached to an aromatic ring is 1. The van der Waals surface area contributed by atoms with Gasteiger partial charge in [-0.05, 0) is 31.9 Å². The van der Waals surface area contributed by atoms with Crippen molar-refractivity contribution in [2.24, 2.45) is 0 Å². The van der Waals surface area contributed by atoms with Crippen LogP contribution in [-0.4, -0.2) is 20.5 Å². The van der Waals surface area contributed by atoms with E-state index in [4.69, 9.17) is 5.73 Å². The van der Waals surface area contributed by atoms with Crippen LogP contribution in [0.5, 0.6) is 0 Å². The van der Waals surface area contributed by atoms with Gasteiger partial charge in [0.05, 0.1) is 0 Å². The van der Waals surface area contributed by atoms with E-state index in [2.05, 4.69) is 15.4 Å². The van der Waals surface area contributed by atoms with Gasteiger partial charge in [-0.25, -0.2) is 9.50 Å². The summed E-state index contributed by atoms with van der Waals surface area (Å²) in [5.41, 5.74) is 10.5. The van der Waals surface area contributed by atoms with E-state index in [0.29, 0.717) is 30.7 Å². The van der Waals surface area contributed by atoms with Crippen LogP contribution in [-0.2, 0) is 17.8 Å². The van der Waals surface area contributed by atoms with E-state index in [1.54, 1.807) is 4.52 Å². The summed E-state index contributed by atoms with van der Waals surface area (Å²) in [5.74, 6) is -0.0526. The second-order valence-corrected chi connectivity index (χ2v) is 6.05. The lowest BCUT2D eigenvalue weighted by Crippen LogP contribution is -2.25. The number of rotatable bonds is 5. The molecule has 0 radical (unpaired) electrons. The summed E-state index contributed by atoms with van der Waals surface area (Å²) in [5, 5.41) is 5.62. The van der Waals surface area contributed by atoms with Gasteiger partial charge in [0.1, 0.15) is 0 Å². The van der Waals surface area contributed by atoms with Crippen LogP contribution in [0.1, 0.15) is 28.9 Å². The van der Waals surface area contributed by atoms with Crippen LogP contribution in [0, 0.1) is 13.8 Å². The zero-order valence-corrected chi connectivity index (χ0v) is 16.7. The lowest BCUT2D eigenvalue weighted by atomic mass is 10.1. The number of aromatic amines is 1. The molecule has 2 aromatic heterocycles. The number of aromatic nitrogens is 3. The molecule has 7 nitrogen and oxygen atoms in total. The van der Waals surface area contributed by atoms with Crippen molar-refractivity contribution in [3.63, 3.8) is 0 Å². The molecule has 0 saturated heterocycles. The molecule has 146 valence electrons. The molecule has 0 aliphatic heterocycles. The fourth-order valence-electron chi connectivity index (χ4n) is 2.90. The lowest BCUT2D eigenvalue weighted by Gasteiger charge is -2.12. The lowest BCUT2D eigenvalue weighted by molar-refractivity contribution is -0.121. The number of hydrogen-bond donors (Lipinski definition) is 3. The summed E-state index contributed by atoms with van der Waals surface area (Å²) in [6, 6.07) is 9.00. The molecule has 27 heavy (non-hydrogen) atoms. The standard InChI is InChI=1S/C18H21N5O2.2ClH/c1-11-14(12(2)23-16(21-11)9-18(25)22-23)10-20-17(24)8-7-13-5-3-4-6-15(13)19;;/h3-6,9H,7-8,10,19H2,1-2H3,(H,20,24)(H,22,25);2*1H. The van der Waals surface area contributed by atoms with Crippen molar-refractivity contribution in [1.82, 2.24) is 19.9 Å². The SMILES string of the molecule is Cc1nc2cc(=O)[nH]n2c(C)c1CNC(=O)CCc1ccccc1N.Cl.Cl. The van der Waals surface area contributed by atoms with Crippen LogP contribution in [0.4, 0.5) is 5.69 Å². The first kappa shape index (κ1) is 22.5. The molecule has 2 heterocycles. The van der Waals surface area contributed by atoms with Crippen LogP contribution < -0.4 is 16.6 Å². The number of carbonyl (C=O) groups excluding carboxylic acids is 1. The van der Waals surface area contributed by atoms with Crippen LogP contribution in [0.25, 0.3) is 5.65 Å². The van der Waals surface area contributed by atoms with E-state index in [0.717, 1.165) is 22.5 Å². The summed E-state index contributed by atoms with van der Waals surface area (Å²) in [7, 11) is 0. The molecule has 3 aromatic rings. The molecule has 4 N–H and O–H groups in total. The van der Waals surface area contributed by atoms with Crippen molar-refractivity contribution in [2.75, 3.05) is 5.73 Å². The van der Waals surface area contributed by atoms with Crippen LogP contribution >= 0.6 is 24.8 Å². The molecule has 9 heteroatoms. The third kappa shape index (κ3) is 5.02. The summed E-state index contributed by atoms with van der Waals surface area (Å²) in [4.78, 5) is 28.0. The highest BCUT2D eigenvalue weighted by molar-refractivity contribution is 5.85. The van der Waals surface area contributed by atoms with Crippen LogP contribution in [0.3, 0.4) is 0 Å². The average Bonchev–Trinajstić information content (AvgIpc) is 2.94.